The number of unbranched alkanes of at least 4 members (excludes halogenated alkanes) is 3. The zero-order valence-electron chi connectivity index (χ0n) is 15.7. The summed E-state index contributed by atoms with van der Waals surface area (Å²) in [5, 5.41) is 19.5. The first kappa shape index (κ1) is 22.0. The number of hydrogen-bond acceptors (Lipinski definition) is 2. The molecule has 4 heteroatoms. The third-order valence-electron chi connectivity index (χ3n) is 4.48. The van der Waals surface area contributed by atoms with Crippen LogP contribution < -0.4 is 0 Å². The maximum absolute atomic E-state index is 11.1. The summed E-state index contributed by atoms with van der Waals surface area (Å²) in [6.45, 7) is 10.9. The number of aliphatic hydroxyl groups excluding tert-OH is 1. The Morgan fingerprint density at radius 2 is 1.57 bits per heavy atom. The van der Waals surface area contributed by atoms with Gasteiger partial charge in [-0.15, -0.1) is 0 Å². The van der Waals surface area contributed by atoms with Crippen LogP contribution in [-0.2, 0) is 4.79 Å². The topological polar surface area (TPSA) is 57.5 Å². The van der Waals surface area contributed by atoms with Crippen molar-refractivity contribution in [1.29, 1.82) is 0 Å². The minimum atomic E-state index is -0.733. The average molecular weight is 329 g/mol. The molecule has 0 radical (unpaired) electrons. The van der Waals surface area contributed by atoms with E-state index in [2.05, 4.69) is 20.8 Å². The van der Waals surface area contributed by atoms with Crippen LogP contribution in [0, 0.1) is 5.92 Å². The molecule has 0 aliphatic heterocycles. The van der Waals surface area contributed by atoms with E-state index in [1.54, 1.807) is 6.92 Å². The molecule has 0 rings (SSSR count). The Labute approximate surface area is 142 Å². The molecule has 0 aliphatic rings. The molecule has 0 aliphatic carbocycles. The molecule has 136 valence electrons. The van der Waals surface area contributed by atoms with Gasteiger partial charge in [0.2, 0.25) is 0 Å². The van der Waals surface area contributed by atoms with Crippen molar-refractivity contribution < 1.29 is 19.5 Å². The number of hydrogen-bond donors (Lipinski definition) is 2. The molecular weight excluding hydrogens is 290 g/mol. The van der Waals surface area contributed by atoms with Crippen LogP contribution in [0.4, 0.5) is 0 Å². The lowest BCUT2D eigenvalue weighted by Gasteiger charge is -2.35. The van der Waals surface area contributed by atoms with Gasteiger partial charge in [0.25, 0.3) is 0 Å². The molecule has 4 nitrogen and oxygen atoms in total. The molecule has 0 bridgehead atoms. The highest BCUT2D eigenvalue weighted by molar-refractivity contribution is 5.69. The minimum Gasteiger partial charge on any atom is -0.507 e. The van der Waals surface area contributed by atoms with Gasteiger partial charge < -0.3 is 10.2 Å². The van der Waals surface area contributed by atoms with Gasteiger partial charge in [0, 0.05) is 12.8 Å². The molecule has 0 amide bonds. The molecule has 23 heavy (non-hydrogen) atoms. The van der Waals surface area contributed by atoms with Crippen LogP contribution in [0.5, 0.6) is 0 Å². The quantitative estimate of drug-likeness (QED) is 0.265. The second-order valence-corrected chi connectivity index (χ2v) is 6.85. The Morgan fingerprint density at radius 1 is 0.957 bits per heavy atom. The van der Waals surface area contributed by atoms with Crippen molar-refractivity contribution in [3.05, 3.63) is 12.0 Å². The zero-order valence-corrected chi connectivity index (χ0v) is 15.7. The van der Waals surface area contributed by atoms with Crippen molar-refractivity contribution in [1.82, 2.24) is 0 Å². The summed E-state index contributed by atoms with van der Waals surface area (Å²) in [7, 11) is 0. The molecule has 0 heterocycles. The van der Waals surface area contributed by atoms with E-state index in [4.69, 9.17) is 5.11 Å². The Morgan fingerprint density at radius 3 is 2.04 bits per heavy atom. The summed E-state index contributed by atoms with van der Waals surface area (Å²) in [5.41, 5.74) is 0. The van der Waals surface area contributed by atoms with Crippen LogP contribution in [0.25, 0.3) is 0 Å². The van der Waals surface area contributed by atoms with Gasteiger partial charge >= 0.3 is 5.97 Å². The molecule has 0 saturated heterocycles. The predicted molar refractivity (Wildman–Crippen MR) is 96.3 cm³/mol. The molecule has 0 aromatic rings. The second kappa shape index (κ2) is 12.4. The summed E-state index contributed by atoms with van der Waals surface area (Å²) < 4.78 is 0.713. The van der Waals surface area contributed by atoms with E-state index in [-0.39, 0.29) is 5.92 Å². The number of quaternary nitrogens is 1. The van der Waals surface area contributed by atoms with E-state index in [1.165, 1.54) is 12.8 Å². The summed E-state index contributed by atoms with van der Waals surface area (Å²) in [6.07, 6.45) is 10.1. The molecule has 0 aromatic carbocycles. The van der Waals surface area contributed by atoms with Crippen molar-refractivity contribution in [2.45, 2.75) is 79.1 Å². The van der Waals surface area contributed by atoms with Gasteiger partial charge in [-0.1, -0.05) is 47.0 Å². The third kappa shape index (κ3) is 9.65. The fraction of sp³-hybridized carbons (Fsp3) is 0.842. The molecule has 0 fully saturated rings. The Kier molecular flexibility index (Phi) is 11.8. The summed E-state index contributed by atoms with van der Waals surface area (Å²) >= 11 is 0. The van der Waals surface area contributed by atoms with Gasteiger partial charge in [-0.25, -0.2) is 0 Å². The number of carbonyl (C=O) groups is 1. The number of nitrogens with zero attached hydrogens (tertiary/aromatic N) is 1. The first-order valence-electron chi connectivity index (χ1n) is 9.40. The monoisotopic (exact) mass is 328 g/mol. The fourth-order valence-electron chi connectivity index (χ4n) is 3.11. The highest BCUT2D eigenvalue weighted by Crippen LogP contribution is 2.19. The van der Waals surface area contributed by atoms with Gasteiger partial charge in [0.15, 0.2) is 0 Å². The first-order valence-corrected chi connectivity index (χ1v) is 9.40. The predicted octanol–water partition coefficient (Wildman–Crippen LogP) is 5.10. The third-order valence-corrected chi connectivity index (χ3v) is 4.48. The number of aliphatic carboxylic acids is 1. The molecule has 1 atom stereocenters. The van der Waals surface area contributed by atoms with Gasteiger partial charge in [-0.3, -0.25) is 9.28 Å². The van der Waals surface area contributed by atoms with Crippen LogP contribution in [0.3, 0.4) is 0 Å². The van der Waals surface area contributed by atoms with E-state index >= 15 is 0 Å². The average Bonchev–Trinajstić information content (AvgIpc) is 2.49. The SMILES string of the molecule is CCCCCC/C(O)=C/[N+](CCC)(CCC)CCC(C)C(=O)O. The van der Waals surface area contributed by atoms with E-state index in [9.17, 15) is 9.90 Å². The van der Waals surface area contributed by atoms with E-state index in [1.807, 2.05) is 6.20 Å². The minimum absolute atomic E-state index is 0.332. The number of allylic oxidation sites excluding steroid dienone is 1. The molecule has 0 spiro atoms. The first-order chi connectivity index (χ1) is 10.9. The lowest BCUT2D eigenvalue weighted by atomic mass is 10.1. The van der Waals surface area contributed by atoms with E-state index in [0.29, 0.717) is 16.7 Å². The maximum atomic E-state index is 11.1. The van der Waals surface area contributed by atoms with E-state index in [0.717, 1.165) is 51.7 Å². The fourth-order valence-corrected chi connectivity index (χ4v) is 3.11. The van der Waals surface area contributed by atoms with Crippen LogP contribution in [0.15, 0.2) is 12.0 Å². The molecule has 1 unspecified atom stereocenters. The Bertz CT molecular complexity index is 347. The van der Waals surface area contributed by atoms with Crippen LogP contribution in [-0.4, -0.2) is 40.3 Å². The number of aliphatic hydroxyl groups is 1. The maximum Gasteiger partial charge on any atom is 0.306 e. The number of carboxylic acid groups (broad SMARTS) is 1. The van der Waals surface area contributed by atoms with Crippen molar-refractivity contribution in [3.8, 4) is 0 Å². The van der Waals surface area contributed by atoms with Gasteiger partial charge in [0.1, 0.15) is 12.0 Å². The Hall–Kier alpha value is -1.03. The van der Waals surface area contributed by atoms with E-state index < -0.39 is 5.97 Å². The van der Waals surface area contributed by atoms with Gasteiger partial charge in [-0.05, 0) is 19.3 Å². The number of carboxylic acids is 1. The molecule has 2 N–H and O–H groups in total. The summed E-state index contributed by atoms with van der Waals surface area (Å²) in [5.74, 6) is -0.587. The molecule has 0 aromatic heterocycles. The van der Waals surface area contributed by atoms with Crippen molar-refractivity contribution in [2.24, 2.45) is 5.92 Å². The second-order valence-electron chi connectivity index (χ2n) is 6.85. The van der Waals surface area contributed by atoms with Crippen molar-refractivity contribution >= 4 is 5.97 Å². The lowest BCUT2D eigenvalue weighted by Crippen LogP contribution is -2.46. The van der Waals surface area contributed by atoms with Gasteiger partial charge in [-0.2, -0.15) is 0 Å². The van der Waals surface area contributed by atoms with Crippen LogP contribution in [0.2, 0.25) is 0 Å². The smallest absolute Gasteiger partial charge is 0.306 e. The zero-order chi connectivity index (χ0) is 17.7. The van der Waals surface area contributed by atoms with Crippen molar-refractivity contribution in [2.75, 3.05) is 19.6 Å². The lowest BCUT2D eigenvalue weighted by molar-refractivity contribution is -0.881. The van der Waals surface area contributed by atoms with Crippen molar-refractivity contribution in [3.63, 3.8) is 0 Å². The van der Waals surface area contributed by atoms with Gasteiger partial charge in [0.05, 0.1) is 25.6 Å². The summed E-state index contributed by atoms with van der Waals surface area (Å²) in [6, 6.07) is 0. The Balaban J connectivity index is 4.89. The standard InChI is InChI=1S/C19H37NO3/c1-5-8-9-10-11-18(21)16-20(13-6-2,14-7-3)15-12-17(4)19(22)23/h16-17H,5-15H2,1-4H3,(H-,21,22,23)/p+1/b18-16-. The highest BCUT2D eigenvalue weighted by Gasteiger charge is 2.26. The normalized spacial score (nSPS) is 14.0. The number of rotatable bonds is 14. The largest absolute Gasteiger partial charge is 0.507 e. The summed E-state index contributed by atoms with van der Waals surface area (Å²) in [4.78, 5) is 11.1. The highest BCUT2D eigenvalue weighted by atomic mass is 16.4. The molecular formula is C19H38NO3+. The molecule has 0 saturated carbocycles. The van der Waals surface area contributed by atoms with Crippen LogP contribution in [0.1, 0.15) is 79.1 Å². The van der Waals surface area contributed by atoms with Crippen LogP contribution >= 0.6 is 0 Å².